The Hall–Kier alpha value is -3.35. The van der Waals surface area contributed by atoms with E-state index < -0.39 is 0 Å². The van der Waals surface area contributed by atoms with E-state index in [9.17, 15) is 4.79 Å². The molecular formula is C21H22N4O3. The van der Waals surface area contributed by atoms with E-state index in [1.54, 1.807) is 25.3 Å². The summed E-state index contributed by atoms with van der Waals surface area (Å²) in [4.78, 5) is 18.9. The molecule has 3 aromatic rings. The Kier molecular flexibility index (Phi) is 4.50. The second kappa shape index (κ2) is 6.99. The maximum atomic E-state index is 12.9. The van der Waals surface area contributed by atoms with Crippen molar-refractivity contribution in [2.24, 2.45) is 0 Å². The van der Waals surface area contributed by atoms with Crippen molar-refractivity contribution in [2.75, 3.05) is 19.1 Å². The summed E-state index contributed by atoms with van der Waals surface area (Å²) >= 11 is 0. The third-order valence-corrected chi connectivity index (χ3v) is 5.02. The Balaban J connectivity index is 1.67. The molecule has 2 aromatic heterocycles. The molecule has 1 aromatic carbocycles. The van der Waals surface area contributed by atoms with E-state index in [1.807, 2.05) is 48.9 Å². The van der Waals surface area contributed by atoms with Gasteiger partial charge in [-0.3, -0.25) is 14.4 Å². The first-order valence-electron chi connectivity index (χ1n) is 9.13. The topological polar surface area (TPSA) is 69.5 Å². The van der Waals surface area contributed by atoms with E-state index >= 15 is 0 Å². The number of carbonyl (C=O) groups is 1. The number of methoxy groups -OCH3 is 2. The Morgan fingerprint density at radius 3 is 2.61 bits per heavy atom. The molecule has 0 radical (unpaired) electrons. The highest BCUT2D eigenvalue weighted by molar-refractivity contribution is 6.09. The average molecular weight is 378 g/mol. The zero-order chi connectivity index (χ0) is 19.8. The van der Waals surface area contributed by atoms with Crippen LogP contribution in [0.15, 0.2) is 36.5 Å². The van der Waals surface area contributed by atoms with Gasteiger partial charge in [0.2, 0.25) is 0 Å². The van der Waals surface area contributed by atoms with Crippen molar-refractivity contribution in [3.05, 3.63) is 53.3 Å². The van der Waals surface area contributed by atoms with Gasteiger partial charge in [0.1, 0.15) is 0 Å². The molecule has 7 nitrogen and oxygen atoms in total. The van der Waals surface area contributed by atoms with Gasteiger partial charge in [-0.25, -0.2) is 4.98 Å². The molecule has 0 saturated heterocycles. The lowest BCUT2D eigenvalue weighted by Gasteiger charge is -2.11. The fourth-order valence-corrected chi connectivity index (χ4v) is 3.52. The molecule has 1 aliphatic rings. The molecule has 144 valence electrons. The average Bonchev–Trinajstić information content (AvgIpc) is 3.26. The molecule has 4 rings (SSSR count). The van der Waals surface area contributed by atoms with Crippen LogP contribution in [-0.2, 0) is 13.1 Å². The number of ether oxygens (including phenoxy) is 2. The highest BCUT2D eigenvalue weighted by atomic mass is 16.5. The summed E-state index contributed by atoms with van der Waals surface area (Å²) in [6, 6.07) is 9.66. The molecule has 0 unspecified atom stereocenters. The van der Waals surface area contributed by atoms with Crippen molar-refractivity contribution in [2.45, 2.75) is 26.9 Å². The van der Waals surface area contributed by atoms with Gasteiger partial charge in [0.25, 0.3) is 11.8 Å². The van der Waals surface area contributed by atoms with E-state index in [-0.39, 0.29) is 5.91 Å². The van der Waals surface area contributed by atoms with Crippen LogP contribution in [0, 0.1) is 6.92 Å². The van der Waals surface area contributed by atoms with E-state index in [2.05, 4.69) is 10.1 Å². The largest absolute Gasteiger partial charge is 0.491 e. The van der Waals surface area contributed by atoms with Crippen LogP contribution >= 0.6 is 0 Å². The Bertz CT molecular complexity index is 1060. The third-order valence-electron chi connectivity index (χ3n) is 5.02. The number of anilines is 1. The third kappa shape index (κ3) is 2.89. The van der Waals surface area contributed by atoms with E-state index in [0.717, 1.165) is 28.9 Å². The van der Waals surface area contributed by atoms with Gasteiger partial charge in [-0.2, -0.15) is 5.10 Å². The van der Waals surface area contributed by atoms with Crippen LogP contribution in [0.5, 0.6) is 11.6 Å². The first kappa shape index (κ1) is 18.0. The maximum absolute atomic E-state index is 12.9. The molecule has 0 spiro atoms. The minimum absolute atomic E-state index is 0.0206. The minimum Gasteiger partial charge on any atom is -0.491 e. The van der Waals surface area contributed by atoms with Crippen LogP contribution < -0.4 is 14.4 Å². The molecule has 0 saturated carbocycles. The lowest BCUT2D eigenvalue weighted by atomic mass is 10.0. The molecule has 3 heterocycles. The van der Waals surface area contributed by atoms with Gasteiger partial charge < -0.3 is 9.47 Å². The Labute approximate surface area is 163 Å². The number of rotatable bonds is 5. The van der Waals surface area contributed by atoms with Crippen molar-refractivity contribution in [3.8, 4) is 22.8 Å². The van der Waals surface area contributed by atoms with Crippen LogP contribution in [0.1, 0.15) is 28.5 Å². The van der Waals surface area contributed by atoms with Gasteiger partial charge in [-0.05, 0) is 43.2 Å². The van der Waals surface area contributed by atoms with Crippen molar-refractivity contribution >= 4 is 11.7 Å². The van der Waals surface area contributed by atoms with E-state index in [4.69, 9.17) is 9.47 Å². The minimum atomic E-state index is -0.0206. The van der Waals surface area contributed by atoms with Gasteiger partial charge in [0.05, 0.1) is 20.8 Å². The normalized spacial score (nSPS) is 13.0. The molecule has 0 aliphatic carbocycles. The predicted octanol–water partition coefficient (Wildman–Crippen LogP) is 3.45. The number of nitrogens with zero attached hydrogens (tertiary/aromatic N) is 4. The maximum Gasteiger partial charge on any atom is 0.260 e. The van der Waals surface area contributed by atoms with Crippen LogP contribution in [0.25, 0.3) is 11.1 Å². The van der Waals surface area contributed by atoms with Gasteiger partial charge in [-0.1, -0.05) is 6.07 Å². The van der Waals surface area contributed by atoms with Gasteiger partial charge in [0.15, 0.2) is 11.6 Å². The van der Waals surface area contributed by atoms with Crippen molar-refractivity contribution in [1.82, 2.24) is 14.8 Å². The Morgan fingerprint density at radius 1 is 1.11 bits per heavy atom. The second-order valence-electron chi connectivity index (χ2n) is 6.66. The SMILES string of the molecule is CCn1nc(N2Cc3cc(-c4cnc(OC)c(OC)c4)ccc3C2=O)cc1C. The predicted molar refractivity (Wildman–Crippen MR) is 106 cm³/mol. The monoisotopic (exact) mass is 378 g/mol. The molecule has 0 N–H and O–H groups in total. The van der Waals surface area contributed by atoms with Crippen LogP contribution in [0.3, 0.4) is 0 Å². The summed E-state index contributed by atoms with van der Waals surface area (Å²) in [7, 11) is 3.14. The molecule has 1 aliphatic heterocycles. The van der Waals surface area contributed by atoms with Gasteiger partial charge >= 0.3 is 0 Å². The van der Waals surface area contributed by atoms with Gasteiger partial charge in [-0.15, -0.1) is 0 Å². The summed E-state index contributed by atoms with van der Waals surface area (Å²) in [5, 5.41) is 4.55. The van der Waals surface area contributed by atoms with E-state index in [0.29, 0.717) is 29.6 Å². The molecule has 0 atom stereocenters. The Morgan fingerprint density at radius 2 is 1.93 bits per heavy atom. The number of pyridine rings is 1. The van der Waals surface area contributed by atoms with Crippen molar-refractivity contribution in [3.63, 3.8) is 0 Å². The fraction of sp³-hybridized carbons (Fsp3) is 0.286. The van der Waals surface area contributed by atoms with Crippen LogP contribution in [0.4, 0.5) is 5.82 Å². The van der Waals surface area contributed by atoms with Gasteiger partial charge in [0, 0.05) is 35.6 Å². The molecule has 7 heteroatoms. The molecule has 28 heavy (non-hydrogen) atoms. The fourth-order valence-electron chi connectivity index (χ4n) is 3.52. The number of hydrogen-bond donors (Lipinski definition) is 0. The first-order chi connectivity index (χ1) is 13.5. The van der Waals surface area contributed by atoms with Crippen LogP contribution in [0.2, 0.25) is 0 Å². The summed E-state index contributed by atoms with van der Waals surface area (Å²) in [5.41, 5.74) is 4.59. The summed E-state index contributed by atoms with van der Waals surface area (Å²) < 4.78 is 12.4. The number of carbonyl (C=O) groups excluding carboxylic acids is 1. The number of fused-ring (bicyclic) bond motifs is 1. The number of benzene rings is 1. The smallest absolute Gasteiger partial charge is 0.260 e. The number of hydrogen-bond acceptors (Lipinski definition) is 5. The quantitative estimate of drug-likeness (QED) is 0.680. The van der Waals surface area contributed by atoms with Crippen LogP contribution in [-0.4, -0.2) is 34.9 Å². The summed E-state index contributed by atoms with van der Waals surface area (Å²) in [6.45, 7) is 5.31. The van der Waals surface area contributed by atoms with E-state index in [1.165, 1.54) is 0 Å². The first-order valence-corrected chi connectivity index (χ1v) is 9.13. The molecular weight excluding hydrogens is 356 g/mol. The molecule has 0 bridgehead atoms. The zero-order valence-corrected chi connectivity index (χ0v) is 16.4. The molecule has 1 amide bonds. The second-order valence-corrected chi connectivity index (χ2v) is 6.66. The lowest BCUT2D eigenvalue weighted by Crippen LogP contribution is -2.23. The summed E-state index contributed by atoms with van der Waals surface area (Å²) in [5.74, 6) is 1.68. The molecule has 0 fully saturated rings. The van der Waals surface area contributed by atoms with Crippen molar-refractivity contribution < 1.29 is 14.3 Å². The standard InChI is InChI=1S/C21H22N4O3/c1-5-25-13(2)8-19(23-25)24-12-16-9-14(6-7-17(16)21(24)26)15-10-18(27-3)20(28-4)22-11-15/h6-11H,5,12H2,1-4H3. The number of aromatic nitrogens is 3. The highest BCUT2D eigenvalue weighted by Crippen LogP contribution is 2.34. The lowest BCUT2D eigenvalue weighted by molar-refractivity contribution is 0.0996. The van der Waals surface area contributed by atoms with Crippen molar-refractivity contribution in [1.29, 1.82) is 0 Å². The number of aryl methyl sites for hydroxylation is 2. The zero-order valence-electron chi connectivity index (χ0n) is 16.4. The highest BCUT2D eigenvalue weighted by Gasteiger charge is 2.30. The summed E-state index contributed by atoms with van der Waals surface area (Å²) in [6.07, 6.45) is 1.74. The number of amides is 1.